The zero-order chi connectivity index (χ0) is 19.9. The van der Waals surface area contributed by atoms with Crippen LogP contribution in [0.25, 0.3) is 0 Å². The molecule has 2 aromatic carbocycles. The van der Waals surface area contributed by atoms with Gasteiger partial charge < -0.3 is 9.64 Å². The van der Waals surface area contributed by atoms with Crippen molar-refractivity contribution in [3.63, 3.8) is 0 Å². The van der Waals surface area contributed by atoms with Crippen LogP contribution in [0, 0.1) is 0 Å². The maximum atomic E-state index is 13.3. The van der Waals surface area contributed by atoms with Crippen LogP contribution in [-0.4, -0.2) is 22.3 Å². The van der Waals surface area contributed by atoms with E-state index in [9.17, 15) is 4.79 Å². The summed E-state index contributed by atoms with van der Waals surface area (Å²) in [6.07, 6.45) is 7.98. The van der Waals surface area contributed by atoms with Crippen molar-refractivity contribution in [3.8, 4) is 5.75 Å². The van der Waals surface area contributed by atoms with E-state index in [1.54, 1.807) is 0 Å². The number of aromatic nitrogens is 1. The average molecular weight is 386 g/mol. The molecule has 1 aromatic heterocycles. The highest BCUT2D eigenvalue weighted by Gasteiger charge is 2.27. The Kier molecular flexibility index (Phi) is 6.20. The summed E-state index contributed by atoms with van der Waals surface area (Å²) in [5.74, 6) is 0.946. The molecule has 148 valence electrons. The molecule has 1 fully saturated rings. The number of nitrogens with zero attached hydrogens (tertiary/aromatic N) is 2. The van der Waals surface area contributed by atoms with Crippen LogP contribution in [0.3, 0.4) is 0 Å². The second-order valence-corrected chi connectivity index (χ2v) is 7.44. The number of amides is 1. The van der Waals surface area contributed by atoms with Crippen LogP contribution < -0.4 is 4.74 Å². The van der Waals surface area contributed by atoms with Gasteiger partial charge in [-0.25, -0.2) is 0 Å². The Hall–Kier alpha value is -3.14. The van der Waals surface area contributed by atoms with Crippen LogP contribution in [-0.2, 0) is 6.61 Å². The molecule has 1 unspecified atom stereocenters. The van der Waals surface area contributed by atoms with E-state index >= 15 is 0 Å². The van der Waals surface area contributed by atoms with Crippen LogP contribution in [0.5, 0.6) is 5.75 Å². The van der Waals surface area contributed by atoms with E-state index in [1.807, 2.05) is 84.0 Å². The highest BCUT2D eigenvalue weighted by Crippen LogP contribution is 2.31. The minimum Gasteiger partial charge on any atom is -0.489 e. The van der Waals surface area contributed by atoms with Gasteiger partial charge in [-0.2, -0.15) is 0 Å². The minimum absolute atomic E-state index is 0.101. The molecule has 2 heterocycles. The molecule has 4 nitrogen and oxygen atoms in total. The Labute approximate surface area is 172 Å². The van der Waals surface area contributed by atoms with Crippen molar-refractivity contribution >= 4 is 5.91 Å². The Morgan fingerprint density at radius 3 is 2.45 bits per heavy atom. The van der Waals surface area contributed by atoms with E-state index in [1.165, 1.54) is 12.0 Å². The van der Waals surface area contributed by atoms with Gasteiger partial charge in [-0.1, -0.05) is 43.2 Å². The van der Waals surface area contributed by atoms with Crippen LogP contribution >= 0.6 is 0 Å². The molecule has 0 saturated carbocycles. The third-order valence-electron chi connectivity index (χ3n) is 5.45. The van der Waals surface area contributed by atoms with Gasteiger partial charge >= 0.3 is 0 Å². The summed E-state index contributed by atoms with van der Waals surface area (Å²) in [6.45, 7) is 1.28. The quantitative estimate of drug-likeness (QED) is 0.588. The first-order valence-corrected chi connectivity index (χ1v) is 10.3. The largest absolute Gasteiger partial charge is 0.489 e. The zero-order valence-electron chi connectivity index (χ0n) is 16.5. The number of para-hydroxylation sites is 1. The van der Waals surface area contributed by atoms with Gasteiger partial charge in [0.1, 0.15) is 12.4 Å². The number of carbonyl (C=O) groups excluding carboxylic acids is 1. The number of hydrogen-bond acceptors (Lipinski definition) is 3. The number of hydrogen-bond donors (Lipinski definition) is 0. The van der Waals surface area contributed by atoms with Crippen molar-refractivity contribution in [1.29, 1.82) is 0 Å². The van der Waals surface area contributed by atoms with Crippen LogP contribution in [0.15, 0.2) is 79.1 Å². The van der Waals surface area contributed by atoms with Crippen molar-refractivity contribution in [3.05, 3.63) is 95.8 Å². The molecule has 4 heteroatoms. The van der Waals surface area contributed by atoms with E-state index in [-0.39, 0.29) is 11.9 Å². The SMILES string of the molecule is O=C(c1ccc(COc2ccccc2)cc1)N1CCCCCC1c1ccncc1. The standard InChI is InChI=1S/C25H26N2O2/c28-25(27-18-6-2-5-9-24(27)21-14-16-26-17-15-21)22-12-10-20(11-13-22)19-29-23-7-3-1-4-8-23/h1,3-4,7-8,10-17,24H,2,5-6,9,18-19H2. The van der Waals surface area contributed by atoms with Gasteiger partial charge in [0.25, 0.3) is 5.91 Å². The maximum absolute atomic E-state index is 13.3. The van der Waals surface area contributed by atoms with Gasteiger partial charge in [0, 0.05) is 24.5 Å². The number of benzene rings is 2. The van der Waals surface area contributed by atoms with Gasteiger partial charge in [-0.15, -0.1) is 0 Å². The molecular formula is C25H26N2O2. The van der Waals surface area contributed by atoms with E-state index in [0.29, 0.717) is 6.61 Å². The summed E-state index contributed by atoms with van der Waals surface area (Å²) < 4.78 is 5.80. The van der Waals surface area contributed by atoms with E-state index in [4.69, 9.17) is 4.74 Å². The van der Waals surface area contributed by atoms with Gasteiger partial charge in [0.2, 0.25) is 0 Å². The molecule has 1 saturated heterocycles. The molecule has 1 amide bonds. The molecule has 0 aliphatic carbocycles. The molecular weight excluding hydrogens is 360 g/mol. The lowest BCUT2D eigenvalue weighted by atomic mass is 10.0. The fraction of sp³-hybridized carbons (Fsp3) is 0.280. The van der Waals surface area contributed by atoms with Crippen molar-refractivity contribution < 1.29 is 9.53 Å². The topological polar surface area (TPSA) is 42.4 Å². The summed E-state index contributed by atoms with van der Waals surface area (Å²) in [5.41, 5.74) is 2.95. The van der Waals surface area contributed by atoms with Gasteiger partial charge in [-0.05, 0) is 60.4 Å². The van der Waals surface area contributed by atoms with Crippen molar-refractivity contribution in [2.75, 3.05) is 6.54 Å². The first-order valence-electron chi connectivity index (χ1n) is 10.3. The Bertz CT molecular complexity index is 911. The molecule has 0 bridgehead atoms. The van der Waals surface area contributed by atoms with Crippen molar-refractivity contribution in [2.24, 2.45) is 0 Å². The Morgan fingerprint density at radius 1 is 0.931 bits per heavy atom. The first-order chi connectivity index (χ1) is 14.3. The summed E-state index contributed by atoms with van der Waals surface area (Å²) >= 11 is 0. The maximum Gasteiger partial charge on any atom is 0.254 e. The summed E-state index contributed by atoms with van der Waals surface area (Å²) in [4.78, 5) is 19.5. The predicted molar refractivity (Wildman–Crippen MR) is 114 cm³/mol. The lowest BCUT2D eigenvalue weighted by Crippen LogP contribution is -2.34. The third-order valence-corrected chi connectivity index (χ3v) is 5.45. The summed E-state index contributed by atoms with van der Waals surface area (Å²) in [6, 6.07) is 21.7. The fourth-order valence-electron chi connectivity index (χ4n) is 3.88. The smallest absolute Gasteiger partial charge is 0.254 e. The molecule has 0 spiro atoms. The van der Waals surface area contributed by atoms with E-state index < -0.39 is 0 Å². The van der Waals surface area contributed by atoms with E-state index in [2.05, 4.69) is 4.98 Å². The molecule has 1 aliphatic heterocycles. The molecule has 0 radical (unpaired) electrons. The summed E-state index contributed by atoms with van der Waals surface area (Å²) in [5, 5.41) is 0. The molecule has 29 heavy (non-hydrogen) atoms. The second kappa shape index (κ2) is 9.37. The highest BCUT2D eigenvalue weighted by molar-refractivity contribution is 5.94. The summed E-state index contributed by atoms with van der Waals surface area (Å²) in [7, 11) is 0. The minimum atomic E-state index is 0.101. The van der Waals surface area contributed by atoms with Gasteiger partial charge in [0.05, 0.1) is 6.04 Å². The molecule has 4 rings (SSSR count). The average Bonchev–Trinajstić information content (AvgIpc) is 3.05. The zero-order valence-corrected chi connectivity index (χ0v) is 16.5. The first kappa shape index (κ1) is 19.2. The van der Waals surface area contributed by atoms with Gasteiger partial charge in [0.15, 0.2) is 0 Å². The Balaban J connectivity index is 1.47. The monoisotopic (exact) mass is 386 g/mol. The van der Waals surface area contributed by atoms with Crippen LogP contribution in [0.1, 0.15) is 53.2 Å². The molecule has 0 N–H and O–H groups in total. The lowest BCUT2D eigenvalue weighted by molar-refractivity contribution is 0.0681. The highest BCUT2D eigenvalue weighted by atomic mass is 16.5. The number of carbonyl (C=O) groups is 1. The normalized spacial score (nSPS) is 16.8. The van der Waals surface area contributed by atoms with Crippen molar-refractivity contribution in [1.82, 2.24) is 9.88 Å². The number of ether oxygens (including phenoxy) is 1. The Morgan fingerprint density at radius 2 is 1.69 bits per heavy atom. The van der Waals surface area contributed by atoms with Gasteiger partial charge in [-0.3, -0.25) is 9.78 Å². The lowest BCUT2D eigenvalue weighted by Gasteiger charge is -2.30. The number of likely N-dealkylation sites (tertiary alicyclic amines) is 1. The number of pyridine rings is 1. The molecule has 1 atom stereocenters. The van der Waals surface area contributed by atoms with Crippen LogP contribution in [0.2, 0.25) is 0 Å². The van der Waals surface area contributed by atoms with Crippen molar-refractivity contribution in [2.45, 2.75) is 38.3 Å². The molecule has 3 aromatic rings. The van der Waals surface area contributed by atoms with Crippen LogP contribution in [0.4, 0.5) is 0 Å². The van der Waals surface area contributed by atoms with E-state index in [0.717, 1.165) is 42.7 Å². The molecule has 1 aliphatic rings. The third kappa shape index (κ3) is 4.83. The second-order valence-electron chi connectivity index (χ2n) is 7.44. The number of rotatable bonds is 5. The predicted octanol–water partition coefficient (Wildman–Crippen LogP) is 5.42. The fourth-order valence-corrected chi connectivity index (χ4v) is 3.88.